The Balaban J connectivity index is 2.33. The van der Waals surface area contributed by atoms with E-state index in [1.807, 2.05) is 25.1 Å². The largest absolute Gasteiger partial charge is 0.496 e. The Hall–Kier alpha value is -1.69. The lowest BCUT2D eigenvalue weighted by Gasteiger charge is -2.04. The minimum absolute atomic E-state index is 0.0265. The van der Waals surface area contributed by atoms with Crippen molar-refractivity contribution in [2.45, 2.75) is 26.2 Å². The van der Waals surface area contributed by atoms with Crippen LogP contribution in [0, 0.1) is 0 Å². The molecule has 0 aliphatic rings. The van der Waals surface area contributed by atoms with Crippen LogP contribution in [0.15, 0.2) is 27.2 Å². The summed E-state index contributed by atoms with van der Waals surface area (Å²) in [4.78, 5) is 15.8. The summed E-state index contributed by atoms with van der Waals surface area (Å²) in [5.41, 5.74) is 0.797. The van der Waals surface area contributed by atoms with E-state index in [9.17, 15) is 4.79 Å². The Bertz CT molecular complexity index is 625. The number of carbonyl (C=O) groups excluding carboxylic acids is 1. The fraction of sp³-hybridized carbons (Fsp3) is 0.357. The van der Waals surface area contributed by atoms with Gasteiger partial charge in [0, 0.05) is 5.56 Å². The molecule has 0 aliphatic carbocycles. The summed E-state index contributed by atoms with van der Waals surface area (Å²) in [6.45, 7) is 3.45. The van der Waals surface area contributed by atoms with Crippen LogP contribution >= 0.6 is 15.9 Å². The fourth-order valence-electron chi connectivity index (χ4n) is 1.94. The van der Waals surface area contributed by atoms with E-state index >= 15 is 0 Å². The molecule has 0 saturated carbocycles. The van der Waals surface area contributed by atoms with Gasteiger partial charge in [-0.3, -0.25) is 4.79 Å². The highest BCUT2D eigenvalue weighted by Gasteiger charge is 2.22. The molecule has 20 heavy (non-hydrogen) atoms. The summed E-state index contributed by atoms with van der Waals surface area (Å²) >= 11 is 3.41. The van der Waals surface area contributed by atoms with Crippen molar-refractivity contribution in [3.8, 4) is 17.1 Å². The Morgan fingerprint density at radius 2 is 2.25 bits per heavy atom. The summed E-state index contributed by atoms with van der Waals surface area (Å²) in [5, 5.41) is 3.93. The van der Waals surface area contributed by atoms with Crippen molar-refractivity contribution in [1.82, 2.24) is 10.1 Å². The van der Waals surface area contributed by atoms with Crippen LogP contribution in [0.2, 0.25) is 0 Å². The van der Waals surface area contributed by atoms with Crippen LogP contribution in [0.4, 0.5) is 0 Å². The molecule has 0 bridgehead atoms. The number of methoxy groups -OCH3 is 1. The predicted octanol–water partition coefficient (Wildman–Crippen LogP) is 3.59. The van der Waals surface area contributed by atoms with Crippen molar-refractivity contribution in [2.24, 2.45) is 0 Å². The zero-order valence-corrected chi connectivity index (χ0v) is 13.1. The number of ether oxygens (including phenoxy) is 1. The van der Waals surface area contributed by atoms with Gasteiger partial charge in [0.2, 0.25) is 11.7 Å². The van der Waals surface area contributed by atoms with E-state index in [-0.39, 0.29) is 11.7 Å². The van der Waals surface area contributed by atoms with Gasteiger partial charge >= 0.3 is 0 Å². The van der Waals surface area contributed by atoms with E-state index < -0.39 is 0 Å². The number of benzene rings is 1. The highest BCUT2D eigenvalue weighted by atomic mass is 79.9. The molecule has 106 valence electrons. The first-order valence-corrected chi connectivity index (χ1v) is 7.04. The van der Waals surface area contributed by atoms with Gasteiger partial charge in [-0.1, -0.05) is 12.1 Å². The molecule has 2 aromatic rings. The second kappa shape index (κ2) is 6.17. The molecule has 0 aliphatic heterocycles. The standard InChI is InChI=1S/C14H15BrN2O3/c1-4-10(8(2)18)14-16-13(17-20-14)9-5-6-12(19-3)11(15)7-9/h5-7,10H,4H2,1-3H3. The maximum Gasteiger partial charge on any atom is 0.237 e. The smallest absolute Gasteiger partial charge is 0.237 e. The second-order valence-electron chi connectivity index (χ2n) is 4.38. The van der Waals surface area contributed by atoms with Gasteiger partial charge in [0.05, 0.1) is 17.5 Å². The number of carbonyl (C=O) groups is 1. The lowest BCUT2D eigenvalue weighted by Crippen LogP contribution is -2.07. The van der Waals surface area contributed by atoms with Crippen LogP contribution < -0.4 is 4.74 Å². The summed E-state index contributed by atoms with van der Waals surface area (Å²) in [7, 11) is 1.60. The predicted molar refractivity (Wildman–Crippen MR) is 77.7 cm³/mol. The molecule has 0 spiro atoms. The average Bonchev–Trinajstić information content (AvgIpc) is 2.88. The van der Waals surface area contributed by atoms with Gasteiger partial charge in [0.15, 0.2) is 0 Å². The lowest BCUT2D eigenvalue weighted by molar-refractivity contribution is -0.119. The number of Topliss-reactive ketones (excluding diaryl/α,β-unsaturated/α-hetero) is 1. The molecule has 6 heteroatoms. The number of aromatic nitrogens is 2. The number of hydrogen-bond donors (Lipinski definition) is 0. The van der Waals surface area contributed by atoms with E-state index in [0.717, 1.165) is 15.8 Å². The van der Waals surface area contributed by atoms with Crippen molar-refractivity contribution in [1.29, 1.82) is 0 Å². The minimum atomic E-state index is -0.335. The molecule has 0 amide bonds. The molecule has 0 fully saturated rings. The molecule has 0 N–H and O–H groups in total. The topological polar surface area (TPSA) is 65.2 Å². The Labute approximate surface area is 125 Å². The molecule has 2 rings (SSSR count). The average molecular weight is 339 g/mol. The van der Waals surface area contributed by atoms with Gasteiger partial charge in [0.25, 0.3) is 0 Å². The van der Waals surface area contributed by atoms with Crippen LogP contribution in [0.3, 0.4) is 0 Å². The monoisotopic (exact) mass is 338 g/mol. The summed E-state index contributed by atoms with van der Waals surface area (Å²) < 4.78 is 11.2. The molecule has 1 aromatic heterocycles. The Morgan fingerprint density at radius 1 is 1.50 bits per heavy atom. The SMILES string of the molecule is CCC(C(C)=O)c1nc(-c2ccc(OC)c(Br)c2)no1. The number of hydrogen-bond acceptors (Lipinski definition) is 5. The zero-order chi connectivity index (χ0) is 14.7. The van der Waals surface area contributed by atoms with Crippen molar-refractivity contribution >= 4 is 21.7 Å². The first kappa shape index (κ1) is 14.7. The van der Waals surface area contributed by atoms with Crippen molar-refractivity contribution in [2.75, 3.05) is 7.11 Å². The van der Waals surface area contributed by atoms with Gasteiger partial charge < -0.3 is 9.26 Å². The van der Waals surface area contributed by atoms with Crippen LogP contribution in [0.1, 0.15) is 32.1 Å². The molecule has 1 heterocycles. The van der Waals surface area contributed by atoms with Gasteiger partial charge in [-0.25, -0.2) is 0 Å². The van der Waals surface area contributed by atoms with Crippen molar-refractivity contribution in [3.05, 3.63) is 28.6 Å². The summed E-state index contributed by atoms with van der Waals surface area (Å²) in [6, 6.07) is 5.51. The summed E-state index contributed by atoms with van der Waals surface area (Å²) in [6.07, 6.45) is 0.642. The number of nitrogens with zero attached hydrogens (tertiary/aromatic N) is 2. The third-order valence-corrected chi connectivity index (χ3v) is 3.67. The van der Waals surface area contributed by atoms with E-state index in [2.05, 4.69) is 26.1 Å². The number of rotatable bonds is 5. The van der Waals surface area contributed by atoms with Gasteiger partial charge in [0.1, 0.15) is 11.5 Å². The van der Waals surface area contributed by atoms with Gasteiger partial charge in [-0.05, 0) is 47.5 Å². The molecule has 0 saturated heterocycles. The van der Waals surface area contributed by atoms with E-state index in [4.69, 9.17) is 9.26 Å². The van der Waals surface area contributed by atoms with Gasteiger partial charge in [-0.2, -0.15) is 4.98 Å². The molecule has 1 atom stereocenters. The maximum atomic E-state index is 11.5. The summed E-state index contributed by atoms with van der Waals surface area (Å²) in [5.74, 6) is 1.24. The molecule has 1 aromatic carbocycles. The Morgan fingerprint density at radius 3 is 2.80 bits per heavy atom. The third kappa shape index (κ3) is 2.90. The highest BCUT2D eigenvalue weighted by molar-refractivity contribution is 9.10. The molecule has 0 radical (unpaired) electrons. The minimum Gasteiger partial charge on any atom is -0.496 e. The first-order chi connectivity index (χ1) is 9.56. The quantitative estimate of drug-likeness (QED) is 0.833. The van der Waals surface area contributed by atoms with E-state index in [1.54, 1.807) is 7.11 Å². The van der Waals surface area contributed by atoms with Crippen molar-refractivity contribution in [3.63, 3.8) is 0 Å². The molecular formula is C14H15BrN2O3. The third-order valence-electron chi connectivity index (χ3n) is 3.05. The maximum absolute atomic E-state index is 11.5. The van der Waals surface area contributed by atoms with E-state index in [0.29, 0.717) is 18.1 Å². The zero-order valence-electron chi connectivity index (χ0n) is 11.5. The fourth-order valence-corrected chi connectivity index (χ4v) is 2.48. The molecule has 1 unspecified atom stereocenters. The molecule has 5 nitrogen and oxygen atoms in total. The van der Waals surface area contributed by atoms with E-state index in [1.165, 1.54) is 6.92 Å². The van der Waals surface area contributed by atoms with Crippen LogP contribution in [0.5, 0.6) is 5.75 Å². The lowest BCUT2D eigenvalue weighted by atomic mass is 10.0. The van der Waals surface area contributed by atoms with Crippen LogP contribution in [0.25, 0.3) is 11.4 Å². The highest BCUT2D eigenvalue weighted by Crippen LogP contribution is 2.30. The number of ketones is 1. The normalized spacial score (nSPS) is 12.2. The van der Waals surface area contributed by atoms with Crippen molar-refractivity contribution < 1.29 is 14.1 Å². The number of halogens is 1. The van der Waals surface area contributed by atoms with Crippen LogP contribution in [-0.2, 0) is 4.79 Å². The van der Waals surface area contributed by atoms with Gasteiger partial charge in [-0.15, -0.1) is 0 Å². The first-order valence-electron chi connectivity index (χ1n) is 6.24. The Kier molecular flexibility index (Phi) is 4.54. The molecular weight excluding hydrogens is 324 g/mol. The van der Waals surface area contributed by atoms with Crippen LogP contribution in [-0.4, -0.2) is 23.0 Å². The second-order valence-corrected chi connectivity index (χ2v) is 5.23.